The highest BCUT2D eigenvalue weighted by atomic mass is 35.5. The summed E-state index contributed by atoms with van der Waals surface area (Å²) in [6, 6.07) is 2.22. The Morgan fingerprint density at radius 3 is 2.05 bits per heavy atom. The highest BCUT2D eigenvalue weighted by Crippen LogP contribution is 2.42. The van der Waals surface area contributed by atoms with Crippen molar-refractivity contribution in [3.63, 3.8) is 0 Å². The van der Waals surface area contributed by atoms with Crippen molar-refractivity contribution < 1.29 is 43.9 Å². The van der Waals surface area contributed by atoms with Gasteiger partial charge in [-0.3, -0.25) is 9.69 Å². The van der Waals surface area contributed by atoms with Gasteiger partial charge < -0.3 is 5.32 Å². The van der Waals surface area contributed by atoms with Crippen molar-refractivity contribution in [1.29, 1.82) is 0 Å². The molecule has 0 spiro atoms. The molecular formula is C22H28Cl2F7N3O3S. The Hall–Kier alpha value is -1.35. The van der Waals surface area contributed by atoms with Crippen molar-refractivity contribution in [3.8, 4) is 0 Å². The van der Waals surface area contributed by atoms with Gasteiger partial charge in [0.25, 0.3) is 15.9 Å². The second-order valence-corrected chi connectivity index (χ2v) is 11.8. The van der Waals surface area contributed by atoms with E-state index in [1.807, 2.05) is 0 Å². The Morgan fingerprint density at radius 2 is 1.58 bits per heavy atom. The van der Waals surface area contributed by atoms with Crippen LogP contribution in [-0.4, -0.2) is 73.0 Å². The lowest BCUT2D eigenvalue weighted by Gasteiger charge is -2.50. The molecule has 2 fully saturated rings. The molecule has 0 atom stereocenters. The highest BCUT2D eigenvalue weighted by molar-refractivity contribution is 7.90. The lowest BCUT2D eigenvalue weighted by Crippen LogP contribution is -2.64. The minimum Gasteiger partial charge on any atom is -0.350 e. The molecule has 6 nitrogen and oxygen atoms in total. The quantitative estimate of drug-likeness (QED) is 0.416. The van der Waals surface area contributed by atoms with Gasteiger partial charge in [-0.25, -0.2) is 17.2 Å². The predicted octanol–water partition coefficient (Wildman–Crippen LogP) is 5.41. The van der Waals surface area contributed by atoms with Gasteiger partial charge in [-0.1, -0.05) is 18.5 Å². The molecule has 38 heavy (non-hydrogen) atoms. The Bertz CT molecular complexity index is 1100. The van der Waals surface area contributed by atoms with Crippen LogP contribution in [0.5, 0.6) is 0 Å². The number of amides is 1. The first-order valence-corrected chi connectivity index (χ1v) is 13.4. The van der Waals surface area contributed by atoms with Gasteiger partial charge in [-0.15, -0.1) is 12.4 Å². The third-order valence-corrected chi connectivity index (χ3v) is 9.47. The SMILES string of the molecule is CCC(F)(F)S(=O)(=O)N1CCN(C2(CNC(=O)c3ccc(C(F)(F)F)cc3Cl)CCC(F)(F)CC2)CC1.Cl. The second-order valence-electron chi connectivity index (χ2n) is 9.34. The molecule has 0 bridgehead atoms. The van der Waals surface area contributed by atoms with Crippen molar-refractivity contribution >= 4 is 39.9 Å². The van der Waals surface area contributed by atoms with Gasteiger partial charge in [0.2, 0.25) is 5.92 Å². The van der Waals surface area contributed by atoms with E-state index in [2.05, 4.69) is 5.32 Å². The molecule has 16 heteroatoms. The van der Waals surface area contributed by atoms with E-state index in [-0.39, 0.29) is 63.5 Å². The van der Waals surface area contributed by atoms with Crippen molar-refractivity contribution in [3.05, 3.63) is 34.3 Å². The summed E-state index contributed by atoms with van der Waals surface area (Å²) in [6.45, 7) is 0.264. The zero-order valence-corrected chi connectivity index (χ0v) is 22.7. The fourth-order valence-corrected chi connectivity index (χ4v) is 6.33. The van der Waals surface area contributed by atoms with Crippen LogP contribution in [0.4, 0.5) is 30.7 Å². The predicted molar refractivity (Wildman–Crippen MR) is 129 cm³/mol. The van der Waals surface area contributed by atoms with Crippen molar-refractivity contribution in [2.75, 3.05) is 32.7 Å². The maximum Gasteiger partial charge on any atom is 0.416 e. The van der Waals surface area contributed by atoms with Crippen LogP contribution in [0.1, 0.15) is 54.9 Å². The van der Waals surface area contributed by atoms with Crippen LogP contribution >= 0.6 is 24.0 Å². The summed E-state index contributed by atoms with van der Waals surface area (Å²) in [5, 5.41) is -1.81. The second kappa shape index (κ2) is 11.6. The first-order chi connectivity index (χ1) is 16.9. The number of halogens is 9. The van der Waals surface area contributed by atoms with Gasteiger partial charge in [0, 0.05) is 57.5 Å². The molecule has 1 saturated heterocycles. The molecule has 1 aromatic carbocycles. The normalized spacial score (nSPS) is 21.0. The van der Waals surface area contributed by atoms with E-state index in [0.717, 1.165) is 13.0 Å². The van der Waals surface area contributed by atoms with E-state index in [1.165, 1.54) is 0 Å². The van der Waals surface area contributed by atoms with E-state index in [0.29, 0.717) is 16.4 Å². The number of rotatable bonds is 7. The van der Waals surface area contributed by atoms with Crippen LogP contribution in [0, 0.1) is 0 Å². The summed E-state index contributed by atoms with van der Waals surface area (Å²) in [6.07, 6.45) is -6.70. The summed E-state index contributed by atoms with van der Waals surface area (Å²) in [7, 11) is -4.90. The molecule has 2 aliphatic rings. The molecule has 3 rings (SSSR count). The molecule has 218 valence electrons. The Morgan fingerprint density at radius 1 is 1.03 bits per heavy atom. The zero-order chi connectivity index (χ0) is 27.9. The Balaban J connectivity index is 0.00000507. The topological polar surface area (TPSA) is 69.7 Å². The number of nitrogens with one attached hydrogen (secondary N) is 1. The summed E-state index contributed by atoms with van der Waals surface area (Å²) in [5.41, 5.74) is -2.30. The number of benzene rings is 1. The summed E-state index contributed by atoms with van der Waals surface area (Å²) in [5.74, 6) is -3.74. The molecule has 0 aromatic heterocycles. The Labute approximate surface area is 227 Å². The molecule has 1 amide bonds. The van der Waals surface area contributed by atoms with E-state index in [9.17, 15) is 43.9 Å². The molecule has 1 aromatic rings. The Kier molecular flexibility index (Phi) is 10.1. The summed E-state index contributed by atoms with van der Waals surface area (Å²) < 4.78 is 120. The van der Waals surface area contributed by atoms with E-state index in [1.54, 1.807) is 4.90 Å². The van der Waals surface area contributed by atoms with Crippen LogP contribution in [-0.2, 0) is 16.2 Å². The fourth-order valence-electron chi connectivity index (χ4n) is 4.68. The fraction of sp³-hybridized carbons (Fsp3) is 0.682. The van der Waals surface area contributed by atoms with E-state index < -0.39 is 68.7 Å². The van der Waals surface area contributed by atoms with Gasteiger partial charge in [-0.05, 0) is 31.0 Å². The lowest BCUT2D eigenvalue weighted by atomic mass is 9.78. The maximum absolute atomic E-state index is 14.0. The first-order valence-electron chi connectivity index (χ1n) is 11.6. The minimum absolute atomic E-state index is 0. The number of sulfonamides is 1. The van der Waals surface area contributed by atoms with E-state index in [4.69, 9.17) is 11.6 Å². The van der Waals surface area contributed by atoms with Gasteiger partial charge in [-0.2, -0.15) is 26.3 Å². The van der Waals surface area contributed by atoms with Crippen LogP contribution in [0.3, 0.4) is 0 Å². The average molecular weight is 618 g/mol. The standard InChI is InChI=1S/C22H27ClF7N3O3S.ClH/c1-2-21(26,27)37(35,36)33-11-9-32(10-12-33)19(5-7-20(24,25)8-6-19)14-31-18(34)16-4-3-15(13-17(16)23)22(28,29)30;/h3-4,13H,2,5-12,14H2,1H3,(H,31,34);1H. The lowest BCUT2D eigenvalue weighted by molar-refractivity contribution is -0.137. The van der Waals surface area contributed by atoms with Crippen molar-refractivity contribution in [1.82, 2.24) is 14.5 Å². The highest BCUT2D eigenvalue weighted by Gasteiger charge is 2.51. The minimum atomic E-state index is -4.90. The molecule has 1 N–H and O–H groups in total. The summed E-state index contributed by atoms with van der Waals surface area (Å²) >= 11 is 5.89. The van der Waals surface area contributed by atoms with Gasteiger partial charge in [0.05, 0.1) is 16.1 Å². The molecule has 0 radical (unpaired) electrons. The number of carbonyl (C=O) groups excluding carboxylic acids is 1. The number of carbonyl (C=O) groups is 1. The van der Waals surface area contributed by atoms with Crippen LogP contribution in [0.25, 0.3) is 0 Å². The molecule has 1 heterocycles. The van der Waals surface area contributed by atoms with Crippen molar-refractivity contribution in [2.24, 2.45) is 0 Å². The van der Waals surface area contributed by atoms with Crippen LogP contribution in [0.2, 0.25) is 5.02 Å². The molecule has 1 aliphatic heterocycles. The van der Waals surface area contributed by atoms with Gasteiger partial charge in [0.15, 0.2) is 0 Å². The third kappa shape index (κ3) is 6.86. The molecule has 1 saturated carbocycles. The largest absolute Gasteiger partial charge is 0.416 e. The van der Waals surface area contributed by atoms with Crippen LogP contribution < -0.4 is 5.32 Å². The first kappa shape index (κ1) is 32.9. The number of piperazine rings is 1. The monoisotopic (exact) mass is 617 g/mol. The van der Waals surface area contributed by atoms with Crippen LogP contribution in [0.15, 0.2) is 18.2 Å². The number of alkyl halides is 7. The van der Waals surface area contributed by atoms with Gasteiger partial charge >= 0.3 is 11.4 Å². The summed E-state index contributed by atoms with van der Waals surface area (Å²) in [4.78, 5) is 14.4. The van der Waals surface area contributed by atoms with Crippen molar-refractivity contribution in [2.45, 2.75) is 61.9 Å². The molecule has 1 aliphatic carbocycles. The number of hydrogen-bond donors (Lipinski definition) is 1. The smallest absolute Gasteiger partial charge is 0.350 e. The zero-order valence-electron chi connectivity index (χ0n) is 20.3. The third-order valence-electron chi connectivity index (χ3n) is 7.07. The molecule has 0 unspecified atom stereocenters. The van der Waals surface area contributed by atoms with E-state index >= 15 is 0 Å². The maximum atomic E-state index is 14.0. The number of nitrogens with zero attached hydrogens (tertiary/aromatic N) is 2. The molecular weight excluding hydrogens is 590 g/mol. The average Bonchev–Trinajstić information content (AvgIpc) is 2.83. The van der Waals surface area contributed by atoms with Gasteiger partial charge in [0.1, 0.15) is 0 Å². The number of hydrogen-bond acceptors (Lipinski definition) is 4.